The van der Waals surface area contributed by atoms with Crippen LogP contribution in [0.2, 0.25) is 0 Å². The fourth-order valence-corrected chi connectivity index (χ4v) is 2.89. The van der Waals surface area contributed by atoms with Gasteiger partial charge in [0.1, 0.15) is 0 Å². The van der Waals surface area contributed by atoms with Crippen LogP contribution in [0.25, 0.3) is 0 Å². The van der Waals surface area contributed by atoms with Crippen molar-refractivity contribution in [2.24, 2.45) is 0 Å². The lowest BCUT2D eigenvalue weighted by Gasteiger charge is -2.17. The molecule has 2 aromatic heterocycles. The van der Waals surface area contributed by atoms with Crippen molar-refractivity contribution in [2.75, 3.05) is 7.05 Å². The molecule has 3 nitrogen and oxygen atoms in total. The summed E-state index contributed by atoms with van der Waals surface area (Å²) in [6, 6.07) is 5.63. The molecule has 2 aromatic rings. The summed E-state index contributed by atoms with van der Waals surface area (Å²) in [7, 11) is 1.81. The lowest BCUT2D eigenvalue weighted by Crippen LogP contribution is -2.26. The Hall–Kier alpha value is -1.20. The summed E-state index contributed by atoms with van der Waals surface area (Å²) in [6.45, 7) is 2.46. The maximum atomic E-state index is 12.3. The average molecular weight is 325 g/mol. The Labute approximate surface area is 119 Å². The molecule has 18 heavy (non-hydrogen) atoms. The van der Waals surface area contributed by atoms with E-state index in [1.807, 2.05) is 24.4 Å². The second-order valence-electron chi connectivity index (χ2n) is 4.06. The van der Waals surface area contributed by atoms with Crippen LogP contribution in [0.3, 0.4) is 0 Å². The molecule has 0 atom stereocenters. The predicted octanol–water partition coefficient (Wildman–Crippen LogP) is 3.49. The third-order valence-corrected chi connectivity index (χ3v) is 4.18. The van der Waals surface area contributed by atoms with Crippen LogP contribution >= 0.6 is 27.3 Å². The zero-order valence-electron chi connectivity index (χ0n) is 10.2. The third-order valence-electron chi connectivity index (χ3n) is 2.63. The number of halogens is 1. The van der Waals surface area contributed by atoms with Gasteiger partial charge >= 0.3 is 0 Å². The number of nitrogens with zero attached hydrogens (tertiary/aromatic N) is 2. The molecule has 0 saturated heterocycles. The average Bonchev–Trinajstić information content (AvgIpc) is 2.74. The maximum Gasteiger partial charge on any atom is 0.255 e. The van der Waals surface area contributed by atoms with E-state index in [0.29, 0.717) is 12.1 Å². The summed E-state index contributed by atoms with van der Waals surface area (Å²) < 4.78 is 1.08. The molecule has 94 valence electrons. The molecule has 0 bridgehead atoms. The summed E-state index contributed by atoms with van der Waals surface area (Å²) in [5.41, 5.74) is 2.56. The topological polar surface area (TPSA) is 33.2 Å². The minimum absolute atomic E-state index is 0.00271. The van der Waals surface area contributed by atoms with Gasteiger partial charge in [0.05, 0.1) is 9.35 Å². The molecule has 0 unspecified atom stereocenters. The molecular weight excluding hydrogens is 312 g/mol. The number of amides is 1. The van der Waals surface area contributed by atoms with Crippen molar-refractivity contribution in [3.63, 3.8) is 0 Å². The van der Waals surface area contributed by atoms with E-state index in [-0.39, 0.29) is 5.91 Å². The zero-order valence-corrected chi connectivity index (χ0v) is 12.6. The second kappa shape index (κ2) is 5.63. The minimum atomic E-state index is 0.00271. The number of hydrogen-bond acceptors (Lipinski definition) is 3. The summed E-state index contributed by atoms with van der Waals surface area (Å²) in [5.74, 6) is 0.00271. The van der Waals surface area contributed by atoms with Crippen LogP contribution in [0, 0.1) is 6.92 Å². The van der Waals surface area contributed by atoms with Crippen molar-refractivity contribution >= 4 is 33.2 Å². The normalized spacial score (nSPS) is 10.4. The van der Waals surface area contributed by atoms with Gasteiger partial charge in [-0.2, -0.15) is 0 Å². The van der Waals surface area contributed by atoms with Crippen LogP contribution in [0.4, 0.5) is 0 Å². The third kappa shape index (κ3) is 2.97. The highest BCUT2D eigenvalue weighted by Gasteiger charge is 2.14. The number of carbonyl (C=O) groups is 1. The number of pyridine rings is 1. The lowest BCUT2D eigenvalue weighted by atomic mass is 10.2. The fraction of sp³-hybridized carbons (Fsp3) is 0.231. The monoisotopic (exact) mass is 324 g/mol. The SMILES string of the molecule is Cc1ncccc1C(=O)N(C)Cc1csc(Br)c1. The van der Waals surface area contributed by atoms with E-state index in [0.717, 1.165) is 15.0 Å². The molecule has 2 rings (SSSR count). The van der Waals surface area contributed by atoms with Gasteiger partial charge in [0.15, 0.2) is 0 Å². The molecule has 0 radical (unpaired) electrons. The van der Waals surface area contributed by atoms with E-state index in [9.17, 15) is 4.79 Å². The zero-order chi connectivity index (χ0) is 13.1. The van der Waals surface area contributed by atoms with Crippen LogP contribution in [0.5, 0.6) is 0 Å². The van der Waals surface area contributed by atoms with Crippen molar-refractivity contribution < 1.29 is 4.79 Å². The number of carbonyl (C=O) groups excluding carboxylic acids is 1. The van der Waals surface area contributed by atoms with E-state index < -0.39 is 0 Å². The second-order valence-corrected chi connectivity index (χ2v) is 6.35. The Kier molecular flexibility index (Phi) is 4.14. The van der Waals surface area contributed by atoms with Crippen LogP contribution < -0.4 is 0 Å². The summed E-state index contributed by atoms with van der Waals surface area (Å²) in [4.78, 5) is 18.1. The van der Waals surface area contributed by atoms with Crippen molar-refractivity contribution in [3.8, 4) is 0 Å². The highest BCUT2D eigenvalue weighted by molar-refractivity contribution is 9.11. The Morgan fingerprint density at radius 3 is 2.94 bits per heavy atom. The molecule has 0 fully saturated rings. The van der Waals surface area contributed by atoms with E-state index >= 15 is 0 Å². The minimum Gasteiger partial charge on any atom is -0.337 e. The Morgan fingerprint density at radius 2 is 2.33 bits per heavy atom. The highest BCUT2D eigenvalue weighted by Crippen LogP contribution is 2.22. The molecule has 2 heterocycles. The molecule has 0 aliphatic heterocycles. The Morgan fingerprint density at radius 1 is 1.56 bits per heavy atom. The summed E-state index contributed by atoms with van der Waals surface area (Å²) >= 11 is 5.04. The fourth-order valence-electron chi connectivity index (χ4n) is 1.69. The van der Waals surface area contributed by atoms with Crippen LogP contribution in [-0.2, 0) is 6.54 Å². The van der Waals surface area contributed by atoms with Crippen molar-refractivity contribution in [1.29, 1.82) is 0 Å². The van der Waals surface area contributed by atoms with Gasteiger partial charge in [-0.05, 0) is 52.0 Å². The van der Waals surface area contributed by atoms with Gasteiger partial charge in [-0.3, -0.25) is 9.78 Å². The quantitative estimate of drug-likeness (QED) is 0.865. The highest BCUT2D eigenvalue weighted by atomic mass is 79.9. The van der Waals surface area contributed by atoms with E-state index in [2.05, 4.69) is 20.9 Å². The summed E-state index contributed by atoms with van der Waals surface area (Å²) in [5, 5.41) is 2.05. The molecule has 5 heteroatoms. The molecule has 0 spiro atoms. The van der Waals surface area contributed by atoms with Gasteiger partial charge in [0.25, 0.3) is 5.91 Å². The Balaban J connectivity index is 2.12. The maximum absolute atomic E-state index is 12.3. The van der Waals surface area contributed by atoms with Crippen molar-refractivity contribution in [3.05, 3.63) is 50.4 Å². The van der Waals surface area contributed by atoms with Crippen LogP contribution in [0.1, 0.15) is 21.6 Å². The van der Waals surface area contributed by atoms with Crippen molar-refractivity contribution in [2.45, 2.75) is 13.5 Å². The molecule has 0 N–H and O–H groups in total. The van der Waals surface area contributed by atoms with Gasteiger partial charge in [-0.15, -0.1) is 11.3 Å². The first kappa shape index (κ1) is 13.2. The van der Waals surface area contributed by atoms with E-state index in [1.54, 1.807) is 35.5 Å². The first-order valence-electron chi connectivity index (χ1n) is 5.48. The van der Waals surface area contributed by atoms with E-state index in [4.69, 9.17) is 0 Å². The number of thiophene rings is 1. The van der Waals surface area contributed by atoms with Crippen LogP contribution in [0.15, 0.2) is 33.6 Å². The molecule has 0 aliphatic carbocycles. The molecule has 0 aliphatic rings. The first-order chi connectivity index (χ1) is 8.58. The molecule has 1 amide bonds. The number of aryl methyl sites for hydroxylation is 1. The smallest absolute Gasteiger partial charge is 0.255 e. The predicted molar refractivity (Wildman–Crippen MR) is 76.8 cm³/mol. The lowest BCUT2D eigenvalue weighted by molar-refractivity contribution is 0.0784. The number of aromatic nitrogens is 1. The Bertz CT molecular complexity index is 568. The molecule has 0 aromatic carbocycles. The molecular formula is C13H13BrN2OS. The molecule has 0 saturated carbocycles. The van der Waals surface area contributed by atoms with Gasteiger partial charge in [-0.25, -0.2) is 0 Å². The van der Waals surface area contributed by atoms with Gasteiger partial charge in [0, 0.05) is 25.5 Å². The number of hydrogen-bond donors (Lipinski definition) is 0. The van der Waals surface area contributed by atoms with Gasteiger partial charge < -0.3 is 4.90 Å². The van der Waals surface area contributed by atoms with E-state index in [1.165, 1.54) is 0 Å². The number of rotatable bonds is 3. The largest absolute Gasteiger partial charge is 0.337 e. The van der Waals surface area contributed by atoms with Crippen molar-refractivity contribution in [1.82, 2.24) is 9.88 Å². The standard InChI is InChI=1S/C13H13BrN2OS/c1-9-11(4-3-5-15-9)13(17)16(2)7-10-6-12(14)18-8-10/h3-6,8H,7H2,1-2H3. The van der Waals surface area contributed by atoms with Crippen LogP contribution in [-0.4, -0.2) is 22.8 Å². The summed E-state index contributed by atoms with van der Waals surface area (Å²) in [6.07, 6.45) is 1.70. The van der Waals surface area contributed by atoms with Gasteiger partial charge in [0.2, 0.25) is 0 Å². The first-order valence-corrected chi connectivity index (χ1v) is 7.15. The van der Waals surface area contributed by atoms with Gasteiger partial charge in [-0.1, -0.05) is 0 Å².